The number of ether oxygens (including phenoxy) is 3. The van der Waals surface area contributed by atoms with Gasteiger partial charge in [0.05, 0.1) is 0 Å². The van der Waals surface area contributed by atoms with Crippen LogP contribution in [0.15, 0.2) is 36.9 Å². The largest absolute Gasteiger partial charge is 0.459 e. The zero-order chi connectivity index (χ0) is 14.1. The van der Waals surface area contributed by atoms with Gasteiger partial charge >= 0.3 is 11.9 Å². The molecule has 0 aliphatic carbocycles. The van der Waals surface area contributed by atoms with Crippen LogP contribution in [-0.4, -0.2) is 31.6 Å². The van der Waals surface area contributed by atoms with E-state index in [2.05, 4.69) is 16.1 Å². The molecule has 1 aromatic carbocycles. The van der Waals surface area contributed by atoms with Crippen molar-refractivity contribution in [1.29, 1.82) is 0 Å². The summed E-state index contributed by atoms with van der Waals surface area (Å²) < 4.78 is 14.1. The molecular weight excluding hydrogens is 252 g/mol. The van der Waals surface area contributed by atoms with Gasteiger partial charge in [-0.3, -0.25) is 4.79 Å². The molecule has 0 aliphatic rings. The van der Waals surface area contributed by atoms with E-state index in [-0.39, 0.29) is 31.0 Å². The molecule has 0 saturated carbocycles. The number of esters is 2. The normalized spacial score (nSPS) is 9.26. The first-order valence-electron chi connectivity index (χ1n) is 5.34. The average molecular weight is 264 g/mol. The third-order valence-electron chi connectivity index (χ3n) is 2.01. The van der Waals surface area contributed by atoms with E-state index in [1.54, 1.807) is 12.1 Å². The minimum atomic E-state index is -0.674. The summed E-state index contributed by atoms with van der Waals surface area (Å²) >= 11 is 0. The van der Waals surface area contributed by atoms with Crippen LogP contribution >= 0.6 is 0 Å². The minimum absolute atomic E-state index is 0.0761. The van der Waals surface area contributed by atoms with Crippen molar-refractivity contribution in [2.75, 3.05) is 13.2 Å². The first-order valence-corrected chi connectivity index (χ1v) is 5.34. The van der Waals surface area contributed by atoms with E-state index in [4.69, 9.17) is 4.74 Å². The van der Waals surface area contributed by atoms with Crippen LogP contribution in [0.5, 0.6) is 5.75 Å². The lowest BCUT2D eigenvalue weighted by atomic mass is 10.2. The van der Waals surface area contributed by atoms with Crippen LogP contribution in [-0.2, 0) is 19.1 Å². The first-order chi connectivity index (χ1) is 9.19. The highest BCUT2D eigenvalue weighted by Gasteiger charge is 2.13. The fourth-order valence-electron chi connectivity index (χ4n) is 1.20. The summed E-state index contributed by atoms with van der Waals surface area (Å²) in [6.07, 6.45) is 1.01. The molecule has 6 heteroatoms. The Morgan fingerprint density at radius 1 is 1.16 bits per heavy atom. The summed E-state index contributed by atoms with van der Waals surface area (Å²) in [6, 6.07) is 6.13. The number of benzene rings is 1. The second-order valence-corrected chi connectivity index (χ2v) is 3.22. The van der Waals surface area contributed by atoms with Crippen LogP contribution in [0.1, 0.15) is 10.4 Å². The quantitative estimate of drug-likeness (QED) is 0.317. The number of para-hydroxylation sites is 1. The molecule has 6 nitrogen and oxygen atoms in total. The van der Waals surface area contributed by atoms with Crippen molar-refractivity contribution in [3.05, 3.63) is 42.5 Å². The van der Waals surface area contributed by atoms with Gasteiger partial charge in [0.25, 0.3) is 6.47 Å². The molecule has 0 atom stereocenters. The fourth-order valence-corrected chi connectivity index (χ4v) is 1.20. The van der Waals surface area contributed by atoms with Gasteiger partial charge in [-0.1, -0.05) is 18.7 Å². The summed E-state index contributed by atoms with van der Waals surface area (Å²) in [6.45, 7) is 3.26. The molecule has 19 heavy (non-hydrogen) atoms. The highest BCUT2D eigenvalue weighted by atomic mass is 16.6. The van der Waals surface area contributed by atoms with Crippen LogP contribution in [0.4, 0.5) is 0 Å². The predicted molar refractivity (Wildman–Crippen MR) is 64.6 cm³/mol. The highest BCUT2D eigenvalue weighted by Crippen LogP contribution is 2.18. The van der Waals surface area contributed by atoms with E-state index in [9.17, 15) is 14.4 Å². The van der Waals surface area contributed by atoms with Crippen LogP contribution < -0.4 is 4.74 Å². The van der Waals surface area contributed by atoms with Gasteiger partial charge in [0.2, 0.25) is 0 Å². The van der Waals surface area contributed by atoms with Gasteiger partial charge in [-0.25, -0.2) is 9.59 Å². The molecule has 1 rings (SSSR count). The summed E-state index contributed by atoms with van der Waals surface area (Å²) in [4.78, 5) is 32.7. The predicted octanol–water partition coefficient (Wildman–Crippen LogP) is 1.11. The standard InChI is InChI=1S/C13H12O6/c1-2-12(15)17-7-8-18-13(16)10-5-3-4-6-11(10)19-9-14/h2-6,9H,1,7-8H2. The summed E-state index contributed by atoms with van der Waals surface area (Å²) in [5.41, 5.74) is 0.115. The smallest absolute Gasteiger partial charge is 0.342 e. The Balaban J connectivity index is 2.51. The van der Waals surface area contributed by atoms with Crippen molar-refractivity contribution in [2.45, 2.75) is 0 Å². The third-order valence-corrected chi connectivity index (χ3v) is 2.01. The number of carbonyl (C=O) groups is 3. The van der Waals surface area contributed by atoms with Crippen molar-refractivity contribution in [3.8, 4) is 5.75 Å². The maximum atomic E-state index is 11.7. The van der Waals surface area contributed by atoms with E-state index < -0.39 is 11.9 Å². The fraction of sp³-hybridized carbons (Fsp3) is 0.154. The van der Waals surface area contributed by atoms with Gasteiger partial charge in [-0.2, -0.15) is 0 Å². The van der Waals surface area contributed by atoms with E-state index in [1.807, 2.05) is 0 Å². The maximum absolute atomic E-state index is 11.7. The molecule has 0 spiro atoms. The molecule has 0 radical (unpaired) electrons. The lowest BCUT2D eigenvalue weighted by molar-refractivity contribution is -0.138. The van der Waals surface area contributed by atoms with Crippen molar-refractivity contribution in [3.63, 3.8) is 0 Å². The molecule has 0 aliphatic heterocycles. The van der Waals surface area contributed by atoms with Gasteiger partial charge in [-0.15, -0.1) is 0 Å². The average Bonchev–Trinajstić information content (AvgIpc) is 2.44. The summed E-state index contributed by atoms with van der Waals surface area (Å²) in [5, 5.41) is 0. The summed E-state index contributed by atoms with van der Waals surface area (Å²) in [5.74, 6) is -1.17. The van der Waals surface area contributed by atoms with E-state index in [0.717, 1.165) is 6.08 Å². The number of rotatable bonds is 7. The molecule has 0 heterocycles. The molecule has 0 N–H and O–H groups in total. The van der Waals surface area contributed by atoms with Crippen molar-refractivity contribution in [1.82, 2.24) is 0 Å². The minimum Gasteiger partial charge on any atom is -0.459 e. The van der Waals surface area contributed by atoms with Gasteiger partial charge in [0.1, 0.15) is 24.5 Å². The molecule has 100 valence electrons. The molecular formula is C13H12O6. The SMILES string of the molecule is C=CC(=O)OCCOC(=O)c1ccccc1OC=O. The first kappa shape index (κ1) is 14.4. The van der Waals surface area contributed by atoms with E-state index >= 15 is 0 Å². The van der Waals surface area contributed by atoms with Crippen LogP contribution in [0.25, 0.3) is 0 Å². The van der Waals surface area contributed by atoms with E-state index in [0.29, 0.717) is 0 Å². The van der Waals surface area contributed by atoms with Crippen LogP contribution in [0.3, 0.4) is 0 Å². The Bertz CT molecular complexity index is 480. The topological polar surface area (TPSA) is 78.9 Å². The lowest BCUT2D eigenvalue weighted by Gasteiger charge is -2.07. The zero-order valence-electron chi connectivity index (χ0n) is 10.0. The molecule has 1 aromatic rings. The number of carbonyl (C=O) groups excluding carboxylic acids is 3. The maximum Gasteiger partial charge on any atom is 0.342 e. The molecule has 0 unspecified atom stereocenters. The van der Waals surface area contributed by atoms with Gasteiger partial charge in [0.15, 0.2) is 0 Å². The number of hydrogen-bond acceptors (Lipinski definition) is 6. The Kier molecular flexibility index (Phi) is 5.81. The van der Waals surface area contributed by atoms with Gasteiger partial charge < -0.3 is 14.2 Å². The third kappa shape index (κ3) is 4.63. The monoisotopic (exact) mass is 264 g/mol. The number of hydrogen-bond donors (Lipinski definition) is 0. The van der Waals surface area contributed by atoms with Gasteiger partial charge in [-0.05, 0) is 12.1 Å². The van der Waals surface area contributed by atoms with E-state index in [1.165, 1.54) is 12.1 Å². The highest BCUT2D eigenvalue weighted by molar-refractivity contribution is 5.92. The van der Waals surface area contributed by atoms with Crippen molar-refractivity contribution < 1.29 is 28.6 Å². The Hall–Kier alpha value is -2.63. The van der Waals surface area contributed by atoms with Crippen LogP contribution in [0.2, 0.25) is 0 Å². The van der Waals surface area contributed by atoms with Gasteiger partial charge in [0, 0.05) is 6.08 Å². The van der Waals surface area contributed by atoms with Crippen molar-refractivity contribution in [2.24, 2.45) is 0 Å². The second kappa shape index (κ2) is 7.65. The summed E-state index contributed by atoms with van der Waals surface area (Å²) in [7, 11) is 0. The Morgan fingerprint density at radius 2 is 1.84 bits per heavy atom. The lowest BCUT2D eigenvalue weighted by Crippen LogP contribution is -2.13. The molecule has 0 saturated heterocycles. The Labute approximate surface area is 109 Å². The zero-order valence-corrected chi connectivity index (χ0v) is 10.0. The molecule has 0 aromatic heterocycles. The Morgan fingerprint density at radius 3 is 2.53 bits per heavy atom. The molecule has 0 bridgehead atoms. The molecule has 0 amide bonds. The van der Waals surface area contributed by atoms with Crippen molar-refractivity contribution >= 4 is 18.4 Å². The second-order valence-electron chi connectivity index (χ2n) is 3.22. The molecule has 0 fully saturated rings. The van der Waals surface area contributed by atoms with Crippen LogP contribution in [0, 0.1) is 0 Å².